The first-order chi connectivity index (χ1) is 41.2. The Morgan fingerprint density at radius 1 is 0.253 bits per heavy atom. The zero-order valence-electron chi connectivity index (χ0n) is 45.5. The molecule has 0 spiro atoms. The van der Waals surface area contributed by atoms with E-state index in [1.54, 1.807) is 0 Å². The van der Waals surface area contributed by atoms with Crippen LogP contribution in [0.25, 0.3) is 49.9 Å². The first kappa shape index (κ1) is 48.5. The molecule has 83 heavy (non-hydrogen) atoms. The molecule has 0 N–H and O–H groups in total. The zero-order valence-corrected chi connectivity index (χ0v) is 47.5. The molecule has 4 heterocycles. The molecule has 2 aliphatic rings. The van der Waals surface area contributed by atoms with Gasteiger partial charge >= 0.3 is 0 Å². The minimum atomic E-state index is -2.78. The van der Waals surface area contributed by atoms with Gasteiger partial charge in [0.1, 0.15) is 5.82 Å². The topological polar surface area (TPSA) is 24.3 Å². The second-order valence-electron chi connectivity index (χ2n) is 21.8. The fraction of sp³-hybridized carbons (Fsp3) is 0. The summed E-state index contributed by atoms with van der Waals surface area (Å²) in [5.41, 5.74) is 13.6. The molecular formula is C77H54N4Si2. The molecular weight excluding hydrogens is 1040 g/mol. The Hall–Kier alpha value is -10.4. The molecule has 0 saturated carbocycles. The smallest absolute Gasteiger partial charge is 0.184 e. The Morgan fingerprint density at radius 2 is 0.614 bits per heavy atom. The number of fused-ring (bicyclic) bond motifs is 7. The van der Waals surface area contributed by atoms with Crippen LogP contribution in [0, 0.1) is 0 Å². The molecule has 0 fully saturated rings. The van der Waals surface area contributed by atoms with E-state index >= 15 is 0 Å². The van der Waals surface area contributed by atoms with Gasteiger partial charge in [0, 0.05) is 50.5 Å². The Labute approximate surface area is 485 Å². The second kappa shape index (κ2) is 19.7. The van der Waals surface area contributed by atoms with Gasteiger partial charge in [0.05, 0.1) is 16.7 Å². The summed E-state index contributed by atoms with van der Waals surface area (Å²) in [6, 6.07) is 122. The Balaban J connectivity index is 0.831. The van der Waals surface area contributed by atoms with Crippen LogP contribution in [0.3, 0.4) is 0 Å². The molecule has 0 saturated heterocycles. The lowest BCUT2D eigenvalue weighted by molar-refractivity contribution is 1.18. The molecule has 16 rings (SSSR count). The predicted molar refractivity (Wildman–Crippen MR) is 353 cm³/mol. The van der Waals surface area contributed by atoms with Gasteiger partial charge < -0.3 is 9.47 Å². The first-order valence-corrected chi connectivity index (χ1v) is 32.6. The van der Waals surface area contributed by atoms with Crippen LogP contribution in [0.2, 0.25) is 0 Å². The Kier molecular flexibility index (Phi) is 11.5. The van der Waals surface area contributed by atoms with Crippen molar-refractivity contribution in [3.8, 4) is 28.1 Å². The van der Waals surface area contributed by atoms with Gasteiger partial charge in [-0.2, -0.15) is 0 Å². The van der Waals surface area contributed by atoms with Gasteiger partial charge in [-0.15, -0.1) is 0 Å². The Morgan fingerprint density at radius 3 is 1.08 bits per heavy atom. The molecule has 0 aliphatic carbocycles. The maximum absolute atomic E-state index is 5.64. The summed E-state index contributed by atoms with van der Waals surface area (Å²) in [7, 11) is -5.54. The van der Waals surface area contributed by atoms with Crippen LogP contribution in [0.4, 0.5) is 34.3 Å². The molecule has 2 aromatic heterocycles. The third kappa shape index (κ3) is 7.47. The summed E-state index contributed by atoms with van der Waals surface area (Å²) in [6.07, 6.45) is 0. The average molecular weight is 1090 g/mol. The summed E-state index contributed by atoms with van der Waals surface area (Å²) in [6.45, 7) is 0. The summed E-state index contributed by atoms with van der Waals surface area (Å²) in [5, 5.41) is 13.3. The summed E-state index contributed by atoms with van der Waals surface area (Å²) < 4.78 is 2.41. The van der Waals surface area contributed by atoms with Crippen LogP contribution in [-0.2, 0) is 0 Å². The van der Waals surface area contributed by atoms with Gasteiger partial charge in [-0.1, -0.05) is 243 Å². The van der Waals surface area contributed by atoms with Crippen molar-refractivity contribution in [3.05, 3.63) is 328 Å². The molecule has 390 valence electrons. The van der Waals surface area contributed by atoms with Gasteiger partial charge in [0.25, 0.3) is 0 Å². The molecule has 0 atom stereocenters. The van der Waals surface area contributed by atoms with E-state index in [0.29, 0.717) is 0 Å². The van der Waals surface area contributed by atoms with Crippen LogP contribution >= 0.6 is 0 Å². The summed E-state index contributed by atoms with van der Waals surface area (Å²) >= 11 is 0. The number of rotatable bonds is 9. The minimum Gasteiger partial charge on any atom is -0.311 e. The molecule has 4 nitrogen and oxygen atoms in total. The van der Waals surface area contributed by atoms with E-state index < -0.39 is 16.1 Å². The highest BCUT2D eigenvalue weighted by Crippen LogP contribution is 2.43. The third-order valence-corrected chi connectivity index (χ3v) is 27.2. The van der Waals surface area contributed by atoms with Crippen LogP contribution < -0.4 is 51.3 Å². The van der Waals surface area contributed by atoms with Gasteiger partial charge in [-0.3, -0.25) is 4.90 Å². The first-order valence-electron chi connectivity index (χ1n) is 28.6. The fourth-order valence-electron chi connectivity index (χ4n) is 14.1. The van der Waals surface area contributed by atoms with Crippen molar-refractivity contribution in [2.75, 3.05) is 9.80 Å². The quantitative estimate of drug-likeness (QED) is 0.135. The highest BCUT2D eigenvalue weighted by Gasteiger charge is 2.50. The standard InChI is InChI=1S/C77H54N4Si2/c1-6-27-58(28-7-1)79-67-50-48-56(55-26-24-29-59(52-55)80-69-39-16-20-43-73(69)82(60-30-8-2-9-31-60,61-32-10-3-11-33-61)74-44-21-17-40-70(74)80)53-64(67)65-54-57(49-51-68(65)79)66-38-25-47-77(78-66)81-71-41-18-22-45-75(71)83(62-34-12-4-13-35-62,63-36-14-5-15-37-63)76-46-23-19-42-72(76)81/h1-54H. The number of hydrogen-bond donors (Lipinski definition) is 0. The highest BCUT2D eigenvalue weighted by molar-refractivity contribution is 7.22. The number of para-hydroxylation sites is 5. The van der Waals surface area contributed by atoms with Crippen LogP contribution in [0.5, 0.6) is 0 Å². The molecule has 0 radical (unpaired) electrons. The summed E-state index contributed by atoms with van der Waals surface area (Å²) in [4.78, 5) is 10.5. The van der Waals surface area contributed by atoms with Gasteiger partial charge in [-0.25, -0.2) is 4.98 Å². The normalized spacial score (nSPS) is 13.7. The van der Waals surface area contributed by atoms with E-state index in [1.165, 1.54) is 63.6 Å². The molecule has 0 amide bonds. The molecule has 14 aromatic rings. The fourth-order valence-corrected chi connectivity index (χ4v) is 24.3. The second-order valence-corrected chi connectivity index (χ2v) is 29.2. The number of anilines is 6. The van der Waals surface area contributed by atoms with Gasteiger partial charge in [-0.05, 0) is 138 Å². The third-order valence-electron chi connectivity index (χ3n) is 17.5. The van der Waals surface area contributed by atoms with Crippen molar-refractivity contribution in [1.82, 2.24) is 9.55 Å². The SMILES string of the molecule is c1ccc(-n2c3ccc(-c4cccc(N5c6ccccc6[Si](c6ccccc6)(c6ccccc6)c6ccccc65)c4)cc3c3cc(-c4cccc(N5c6ccccc6[Si](c6ccccc6)(c6ccccc6)c6ccccc65)n4)ccc32)cc1. The lowest BCUT2D eigenvalue weighted by atomic mass is 10.0. The van der Waals surface area contributed by atoms with E-state index in [0.717, 1.165) is 62.0 Å². The molecule has 12 aromatic carbocycles. The lowest BCUT2D eigenvalue weighted by Gasteiger charge is -2.45. The molecule has 0 unspecified atom stereocenters. The van der Waals surface area contributed by atoms with Crippen molar-refractivity contribution >= 4 is 114 Å². The van der Waals surface area contributed by atoms with E-state index in [1.807, 2.05) is 0 Å². The van der Waals surface area contributed by atoms with Crippen molar-refractivity contribution in [1.29, 1.82) is 0 Å². The van der Waals surface area contributed by atoms with Crippen molar-refractivity contribution in [2.24, 2.45) is 0 Å². The maximum atomic E-state index is 5.64. The van der Waals surface area contributed by atoms with Crippen LogP contribution in [0.1, 0.15) is 0 Å². The van der Waals surface area contributed by atoms with Crippen molar-refractivity contribution < 1.29 is 0 Å². The lowest BCUT2D eigenvalue weighted by Crippen LogP contribution is -2.77. The Bertz CT molecular complexity index is 4300. The zero-order chi connectivity index (χ0) is 54.9. The summed E-state index contributed by atoms with van der Waals surface area (Å²) in [5.74, 6) is 0.882. The van der Waals surface area contributed by atoms with E-state index in [-0.39, 0.29) is 0 Å². The maximum Gasteiger partial charge on any atom is 0.184 e. The minimum absolute atomic E-state index is 0.882. The van der Waals surface area contributed by atoms with Crippen LogP contribution in [-0.4, -0.2) is 25.7 Å². The van der Waals surface area contributed by atoms with Gasteiger partial charge in [0.15, 0.2) is 16.1 Å². The van der Waals surface area contributed by atoms with E-state index in [4.69, 9.17) is 4.98 Å². The van der Waals surface area contributed by atoms with Crippen LogP contribution in [0.15, 0.2) is 328 Å². The molecule has 0 bridgehead atoms. The largest absolute Gasteiger partial charge is 0.311 e. The average Bonchev–Trinajstić information content (AvgIpc) is 2.00. The van der Waals surface area contributed by atoms with Crippen molar-refractivity contribution in [3.63, 3.8) is 0 Å². The number of nitrogens with zero attached hydrogens (tertiary/aromatic N) is 4. The van der Waals surface area contributed by atoms with E-state index in [9.17, 15) is 0 Å². The molecule has 6 heteroatoms. The van der Waals surface area contributed by atoms with Gasteiger partial charge in [0.2, 0.25) is 0 Å². The monoisotopic (exact) mass is 1090 g/mol. The van der Waals surface area contributed by atoms with Crippen molar-refractivity contribution in [2.45, 2.75) is 0 Å². The molecule has 2 aliphatic heterocycles. The number of aromatic nitrogens is 2. The predicted octanol–water partition coefficient (Wildman–Crippen LogP) is 13.8. The number of hydrogen-bond acceptors (Lipinski definition) is 3. The highest BCUT2D eigenvalue weighted by atomic mass is 28.3. The van der Waals surface area contributed by atoms with E-state index in [2.05, 4.69) is 342 Å². The number of benzene rings is 12. The number of pyridine rings is 1.